The van der Waals surface area contributed by atoms with Crippen LogP contribution in [0.15, 0.2) is 18.2 Å². The fourth-order valence-electron chi connectivity index (χ4n) is 2.85. The van der Waals surface area contributed by atoms with Crippen molar-refractivity contribution in [3.63, 3.8) is 0 Å². The van der Waals surface area contributed by atoms with E-state index in [2.05, 4.69) is 13.8 Å². The van der Waals surface area contributed by atoms with Crippen LogP contribution >= 0.6 is 0 Å². The minimum atomic E-state index is -1.30. The Morgan fingerprint density at radius 2 is 1.81 bits per heavy atom. The monoisotopic (exact) mass is 364 g/mol. The van der Waals surface area contributed by atoms with E-state index in [-0.39, 0.29) is 11.1 Å². The van der Waals surface area contributed by atoms with Crippen LogP contribution in [0.1, 0.15) is 57.6 Å². The van der Waals surface area contributed by atoms with E-state index < -0.39 is 27.2 Å². The molecular formula is C18H24N2O6. The molecule has 0 amide bonds. The fourth-order valence-corrected chi connectivity index (χ4v) is 2.85. The molecule has 0 spiro atoms. The summed E-state index contributed by atoms with van der Waals surface area (Å²) in [6.45, 7) is 5.71. The lowest BCUT2D eigenvalue weighted by Crippen LogP contribution is -2.08. The molecular weight excluding hydrogens is 340 g/mol. The standard InChI is InChI=1S/C18H24N2O6/c1-4-15(18(21)22)17-13(9-7-5-6-8-12(2)3)10-14(19(23)24)11-16(17)20(25)26/h4,10-12H,5-9H2,1-3H3,(H,21,22). The maximum Gasteiger partial charge on any atom is 0.336 e. The molecule has 8 heteroatoms. The SMILES string of the molecule is CC=C(C(=O)O)c1c(CCCCCC(C)C)cc([N+](=O)[O-])cc1[N+](=O)[O-]. The predicted molar refractivity (Wildman–Crippen MR) is 98.0 cm³/mol. The number of nitro benzene ring substituents is 2. The van der Waals surface area contributed by atoms with E-state index in [0.29, 0.717) is 24.3 Å². The topological polar surface area (TPSA) is 124 Å². The summed E-state index contributed by atoms with van der Waals surface area (Å²) in [7, 11) is 0. The summed E-state index contributed by atoms with van der Waals surface area (Å²) in [5, 5.41) is 31.9. The molecule has 0 aromatic heterocycles. The van der Waals surface area contributed by atoms with Gasteiger partial charge in [-0.3, -0.25) is 20.2 Å². The quantitative estimate of drug-likeness (QED) is 0.276. The van der Waals surface area contributed by atoms with Crippen molar-refractivity contribution in [2.24, 2.45) is 5.92 Å². The number of carboxylic acid groups (broad SMARTS) is 1. The minimum Gasteiger partial charge on any atom is -0.478 e. The molecule has 142 valence electrons. The van der Waals surface area contributed by atoms with E-state index in [1.807, 2.05) is 0 Å². The maximum atomic E-state index is 11.5. The number of aryl methyl sites for hydroxylation is 1. The van der Waals surface area contributed by atoms with Crippen molar-refractivity contribution in [3.05, 3.63) is 49.6 Å². The number of unbranched alkanes of at least 4 members (excludes halogenated alkanes) is 2. The molecule has 0 saturated heterocycles. The number of aliphatic carboxylic acids is 1. The average molecular weight is 364 g/mol. The Bertz CT molecular complexity index is 725. The molecule has 0 unspecified atom stereocenters. The molecule has 0 aliphatic rings. The van der Waals surface area contributed by atoms with Gasteiger partial charge in [0.15, 0.2) is 0 Å². The van der Waals surface area contributed by atoms with Gasteiger partial charge in [-0.2, -0.15) is 0 Å². The lowest BCUT2D eigenvalue weighted by molar-refractivity contribution is -0.394. The van der Waals surface area contributed by atoms with Gasteiger partial charge >= 0.3 is 5.97 Å². The first-order chi connectivity index (χ1) is 12.2. The average Bonchev–Trinajstić information content (AvgIpc) is 2.54. The van der Waals surface area contributed by atoms with Gasteiger partial charge in [0.1, 0.15) is 0 Å². The summed E-state index contributed by atoms with van der Waals surface area (Å²) >= 11 is 0. The summed E-state index contributed by atoms with van der Waals surface area (Å²) < 4.78 is 0. The molecule has 1 N–H and O–H groups in total. The Morgan fingerprint density at radius 1 is 1.15 bits per heavy atom. The lowest BCUT2D eigenvalue weighted by Gasteiger charge is -2.11. The molecule has 0 atom stereocenters. The summed E-state index contributed by atoms with van der Waals surface area (Å²) in [6.07, 6.45) is 5.21. The predicted octanol–water partition coefficient (Wildman–Crippen LogP) is 4.75. The third kappa shape index (κ3) is 5.65. The molecule has 0 heterocycles. The second-order valence-corrected chi connectivity index (χ2v) is 6.51. The maximum absolute atomic E-state index is 11.5. The van der Waals surface area contributed by atoms with Gasteiger partial charge in [0.05, 0.1) is 27.0 Å². The Morgan fingerprint density at radius 3 is 2.27 bits per heavy atom. The van der Waals surface area contributed by atoms with Crippen molar-refractivity contribution in [2.45, 2.75) is 52.9 Å². The summed E-state index contributed by atoms with van der Waals surface area (Å²) in [5.74, 6) is -0.725. The van der Waals surface area contributed by atoms with Crippen molar-refractivity contribution in [3.8, 4) is 0 Å². The number of allylic oxidation sites excluding steroid dienone is 1. The van der Waals surface area contributed by atoms with E-state index in [4.69, 9.17) is 0 Å². The second kappa shape index (κ2) is 9.65. The number of nitro groups is 2. The normalized spacial score (nSPS) is 11.6. The van der Waals surface area contributed by atoms with Crippen LogP contribution in [-0.4, -0.2) is 20.9 Å². The molecule has 8 nitrogen and oxygen atoms in total. The summed E-state index contributed by atoms with van der Waals surface area (Å²) in [5.41, 5.74) is -0.889. The zero-order valence-corrected chi connectivity index (χ0v) is 15.2. The summed E-state index contributed by atoms with van der Waals surface area (Å²) in [4.78, 5) is 32.6. The van der Waals surface area contributed by atoms with Crippen LogP contribution in [-0.2, 0) is 11.2 Å². The number of hydrogen-bond donors (Lipinski definition) is 1. The number of rotatable bonds is 10. The van der Waals surface area contributed by atoms with E-state index in [1.165, 1.54) is 19.1 Å². The van der Waals surface area contributed by atoms with Crippen LogP contribution in [0, 0.1) is 26.1 Å². The number of carboxylic acids is 1. The third-order valence-electron chi connectivity index (χ3n) is 4.11. The number of benzene rings is 1. The van der Waals surface area contributed by atoms with Gasteiger partial charge in [-0.05, 0) is 31.2 Å². The molecule has 0 saturated carbocycles. The molecule has 0 radical (unpaired) electrons. The van der Waals surface area contributed by atoms with E-state index in [1.54, 1.807) is 0 Å². The van der Waals surface area contributed by atoms with Gasteiger partial charge in [-0.15, -0.1) is 0 Å². The van der Waals surface area contributed by atoms with Crippen LogP contribution in [0.25, 0.3) is 5.57 Å². The number of hydrogen-bond acceptors (Lipinski definition) is 5. The highest BCUT2D eigenvalue weighted by atomic mass is 16.6. The first-order valence-corrected chi connectivity index (χ1v) is 8.54. The molecule has 0 aliphatic heterocycles. The lowest BCUT2D eigenvalue weighted by atomic mass is 9.92. The van der Waals surface area contributed by atoms with Crippen molar-refractivity contribution in [1.82, 2.24) is 0 Å². The van der Waals surface area contributed by atoms with Gasteiger partial charge in [-0.1, -0.05) is 39.2 Å². The van der Waals surface area contributed by atoms with Crippen LogP contribution in [0.5, 0.6) is 0 Å². The number of carbonyl (C=O) groups is 1. The van der Waals surface area contributed by atoms with Crippen molar-refractivity contribution < 1.29 is 19.7 Å². The zero-order valence-electron chi connectivity index (χ0n) is 15.2. The molecule has 26 heavy (non-hydrogen) atoms. The number of non-ortho nitro benzene ring substituents is 1. The molecule has 1 aromatic rings. The Labute approximate surface area is 151 Å². The highest BCUT2D eigenvalue weighted by Crippen LogP contribution is 2.35. The van der Waals surface area contributed by atoms with E-state index in [0.717, 1.165) is 25.3 Å². The second-order valence-electron chi connectivity index (χ2n) is 6.51. The van der Waals surface area contributed by atoms with Gasteiger partial charge in [0.25, 0.3) is 11.4 Å². The van der Waals surface area contributed by atoms with Crippen molar-refractivity contribution >= 4 is 22.9 Å². The Hall–Kier alpha value is -2.77. The van der Waals surface area contributed by atoms with Gasteiger partial charge in [0, 0.05) is 6.07 Å². The van der Waals surface area contributed by atoms with E-state index in [9.17, 15) is 30.1 Å². The van der Waals surface area contributed by atoms with Gasteiger partial charge in [0.2, 0.25) is 0 Å². The minimum absolute atomic E-state index is 0.0422. The number of nitrogens with zero attached hydrogens (tertiary/aromatic N) is 2. The van der Waals surface area contributed by atoms with Crippen LogP contribution in [0.4, 0.5) is 11.4 Å². The Kier molecular flexibility index (Phi) is 7.89. The van der Waals surface area contributed by atoms with Gasteiger partial charge in [-0.25, -0.2) is 4.79 Å². The molecule has 0 fully saturated rings. The smallest absolute Gasteiger partial charge is 0.336 e. The van der Waals surface area contributed by atoms with Crippen LogP contribution in [0.2, 0.25) is 0 Å². The molecule has 1 aromatic carbocycles. The van der Waals surface area contributed by atoms with Gasteiger partial charge < -0.3 is 5.11 Å². The van der Waals surface area contributed by atoms with Crippen LogP contribution < -0.4 is 0 Å². The molecule has 0 bridgehead atoms. The fraction of sp³-hybridized carbons (Fsp3) is 0.500. The van der Waals surface area contributed by atoms with Crippen LogP contribution in [0.3, 0.4) is 0 Å². The van der Waals surface area contributed by atoms with Crippen molar-refractivity contribution in [1.29, 1.82) is 0 Å². The third-order valence-corrected chi connectivity index (χ3v) is 4.11. The summed E-state index contributed by atoms with van der Waals surface area (Å²) in [6, 6.07) is 2.07. The zero-order chi connectivity index (χ0) is 19.9. The van der Waals surface area contributed by atoms with Crippen molar-refractivity contribution in [2.75, 3.05) is 0 Å². The molecule has 0 aliphatic carbocycles. The van der Waals surface area contributed by atoms with E-state index >= 15 is 0 Å². The first-order valence-electron chi connectivity index (χ1n) is 8.54. The first kappa shape index (κ1) is 21.3. The highest BCUT2D eigenvalue weighted by molar-refractivity contribution is 6.17. The largest absolute Gasteiger partial charge is 0.478 e. The Balaban J connectivity index is 3.32. The molecule has 1 rings (SSSR count). The highest BCUT2D eigenvalue weighted by Gasteiger charge is 2.28.